The van der Waals surface area contributed by atoms with Crippen molar-refractivity contribution in [2.24, 2.45) is 11.3 Å². The summed E-state index contributed by atoms with van der Waals surface area (Å²) in [6.07, 6.45) is 3.06. The number of carbonyl (C=O) groups is 1. The smallest absolute Gasteiger partial charge is 0.240 e. The molecular formula is C11H21N3O2. The molecule has 2 fully saturated rings. The van der Waals surface area contributed by atoms with E-state index in [0.717, 1.165) is 32.5 Å². The largest absolute Gasteiger partial charge is 0.372 e. The summed E-state index contributed by atoms with van der Waals surface area (Å²) in [5.41, 5.74) is 1.80. The van der Waals surface area contributed by atoms with Gasteiger partial charge in [-0.1, -0.05) is 0 Å². The molecular weight excluding hydrogens is 206 g/mol. The van der Waals surface area contributed by atoms with Gasteiger partial charge in [-0.3, -0.25) is 15.1 Å². The first-order valence-electron chi connectivity index (χ1n) is 5.90. The van der Waals surface area contributed by atoms with Gasteiger partial charge in [-0.15, -0.1) is 0 Å². The summed E-state index contributed by atoms with van der Waals surface area (Å²) >= 11 is 0. The number of morpholine rings is 1. The van der Waals surface area contributed by atoms with Crippen molar-refractivity contribution in [2.45, 2.75) is 38.9 Å². The molecule has 0 aromatic heterocycles. The van der Waals surface area contributed by atoms with E-state index < -0.39 is 5.41 Å². The van der Waals surface area contributed by atoms with Gasteiger partial charge in [-0.05, 0) is 26.7 Å². The Hall–Kier alpha value is -0.650. The second kappa shape index (κ2) is 4.31. The van der Waals surface area contributed by atoms with Gasteiger partial charge in [0.1, 0.15) is 0 Å². The van der Waals surface area contributed by atoms with Crippen LogP contribution < -0.4 is 11.3 Å². The lowest BCUT2D eigenvalue weighted by atomic mass is 9.91. The molecule has 0 spiro atoms. The second-order valence-corrected chi connectivity index (χ2v) is 5.51. The van der Waals surface area contributed by atoms with E-state index in [4.69, 9.17) is 10.6 Å². The number of nitrogens with one attached hydrogen (secondary N) is 1. The quantitative estimate of drug-likeness (QED) is 0.400. The molecule has 16 heavy (non-hydrogen) atoms. The van der Waals surface area contributed by atoms with Gasteiger partial charge in [0.2, 0.25) is 5.91 Å². The molecule has 2 aliphatic heterocycles. The maximum Gasteiger partial charge on any atom is 0.240 e. The van der Waals surface area contributed by atoms with Crippen LogP contribution in [-0.2, 0) is 9.53 Å². The Morgan fingerprint density at radius 1 is 1.44 bits per heavy atom. The number of likely N-dealkylation sites (tertiary alicyclic amines) is 1. The Labute approximate surface area is 96.3 Å². The van der Waals surface area contributed by atoms with Crippen LogP contribution in [0.2, 0.25) is 0 Å². The van der Waals surface area contributed by atoms with E-state index >= 15 is 0 Å². The van der Waals surface area contributed by atoms with Crippen molar-refractivity contribution >= 4 is 5.91 Å². The SMILES string of the molecule is CC(C)(CN1CC2CCC(C1)O2)C(=O)NN. The van der Waals surface area contributed by atoms with Gasteiger partial charge in [0.15, 0.2) is 0 Å². The Kier molecular flexibility index (Phi) is 3.19. The van der Waals surface area contributed by atoms with Crippen LogP contribution in [0.25, 0.3) is 0 Å². The van der Waals surface area contributed by atoms with Crippen LogP contribution in [-0.4, -0.2) is 42.6 Å². The number of fused-ring (bicyclic) bond motifs is 2. The molecule has 0 aromatic carbocycles. The van der Waals surface area contributed by atoms with E-state index in [1.165, 1.54) is 0 Å². The maximum absolute atomic E-state index is 11.6. The number of hydrogen-bond acceptors (Lipinski definition) is 4. The lowest BCUT2D eigenvalue weighted by molar-refractivity contribution is -0.132. The summed E-state index contributed by atoms with van der Waals surface area (Å²) in [4.78, 5) is 13.9. The van der Waals surface area contributed by atoms with Gasteiger partial charge in [-0.25, -0.2) is 5.84 Å². The number of amides is 1. The van der Waals surface area contributed by atoms with Crippen LogP contribution in [0, 0.1) is 5.41 Å². The zero-order valence-electron chi connectivity index (χ0n) is 10.0. The normalized spacial score (nSPS) is 30.4. The third-order valence-corrected chi connectivity index (χ3v) is 3.48. The standard InChI is InChI=1S/C11H21N3O2/c1-11(2,10(15)13-12)7-14-5-8-3-4-9(6-14)16-8/h8-9H,3-7,12H2,1-2H3,(H,13,15). The van der Waals surface area contributed by atoms with Crippen LogP contribution in [0.15, 0.2) is 0 Å². The minimum absolute atomic E-state index is 0.105. The Morgan fingerprint density at radius 2 is 2.00 bits per heavy atom. The maximum atomic E-state index is 11.6. The van der Waals surface area contributed by atoms with E-state index in [-0.39, 0.29) is 5.91 Å². The first-order chi connectivity index (χ1) is 7.51. The van der Waals surface area contributed by atoms with Gasteiger partial charge in [0.25, 0.3) is 0 Å². The van der Waals surface area contributed by atoms with Crippen molar-refractivity contribution in [3.05, 3.63) is 0 Å². The van der Waals surface area contributed by atoms with E-state index in [0.29, 0.717) is 12.2 Å². The zero-order chi connectivity index (χ0) is 11.8. The lowest BCUT2D eigenvalue weighted by Crippen LogP contribution is -2.51. The molecule has 3 N–H and O–H groups in total. The molecule has 2 heterocycles. The van der Waals surface area contributed by atoms with Crippen LogP contribution in [0.1, 0.15) is 26.7 Å². The molecule has 0 saturated carbocycles. The molecule has 1 amide bonds. The highest BCUT2D eigenvalue weighted by Crippen LogP contribution is 2.28. The Morgan fingerprint density at radius 3 is 2.50 bits per heavy atom. The molecule has 0 aromatic rings. The molecule has 92 valence electrons. The third kappa shape index (κ3) is 2.36. The highest BCUT2D eigenvalue weighted by atomic mass is 16.5. The Balaban J connectivity index is 1.92. The van der Waals surface area contributed by atoms with Crippen molar-refractivity contribution in [1.29, 1.82) is 0 Å². The minimum Gasteiger partial charge on any atom is -0.372 e. The summed E-state index contributed by atoms with van der Waals surface area (Å²) in [5, 5.41) is 0. The van der Waals surface area contributed by atoms with Crippen LogP contribution in [0.5, 0.6) is 0 Å². The molecule has 5 nitrogen and oxygen atoms in total. The third-order valence-electron chi connectivity index (χ3n) is 3.48. The summed E-state index contributed by atoms with van der Waals surface area (Å²) in [7, 11) is 0. The summed E-state index contributed by atoms with van der Waals surface area (Å²) in [6, 6.07) is 0. The van der Waals surface area contributed by atoms with Crippen molar-refractivity contribution in [2.75, 3.05) is 19.6 Å². The molecule has 0 aliphatic carbocycles. The van der Waals surface area contributed by atoms with Gasteiger partial charge in [0.05, 0.1) is 17.6 Å². The first-order valence-corrected chi connectivity index (χ1v) is 5.90. The average molecular weight is 227 g/mol. The number of nitrogens with zero attached hydrogens (tertiary/aromatic N) is 1. The fourth-order valence-corrected chi connectivity index (χ4v) is 2.65. The Bertz CT molecular complexity index is 268. The van der Waals surface area contributed by atoms with Crippen molar-refractivity contribution in [1.82, 2.24) is 10.3 Å². The van der Waals surface area contributed by atoms with Crippen molar-refractivity contribution in [3.63, 3.8) is 0 Å². The van der Waals surface area contributed by atoms with Crippen LogP contribution in [0.4, 0.5) is 0 Å². The summed E-state index contributed by atoms with van der Waals surface area (Å²) < 4.78 is 5.76. The van der Waals surface area contributed by atoms with Gasteiger partial charge >= 0.3 is 0 Å². The minimum atomic E-state index is -0.439. The molecule has 2 unspecified atom stereocenters. The first kappa shape index (κ1) is 11.8. The fourth-order valence-electron chi connectivity index (χ4n) is 2.65. The number of carbonyl (C=O) groups excluding carboxylic acids is 1. The highest BCUT2D eigenvalue weighted by Gasteiger charge is 2.37. The molecule has 0 radical (unpaired) electrons. The van der Waals surface area contributed by atoms with Crippen molar-refractivity contribution < 1.29 is 9.53 Å². The van der Waals surface area contributed by atoms with E-state index in [9.17, 15) is 4.79 Å². The average Bonchev–Trinajstić information content (AvgIpc) is 2.56. The van der Waals surface area contributed by atoms with E-state index in [1.54, 1.807) is 0 Å². The molecule has 2 bridgehead atoms. The molecule has 5 heteroatoms. The highest BCUT2D eigenvalue weighted by molar-refractivity contribution is 5.81. The van der Waals surface area contributed by atoms with Crippen molar-refractivity contribution in [3.8, 4) is 0 Å². The second-order valence-electron chi connectivity index (χ2n) is 5.51. The van der Waals surface area contributed by atoms with Gasteiger partial charge in [-0.2, -0.15) is 0 Å². The number of rotatable bonds is 3. The van der Waals surface area contributed by atoms with E-state index in [1.807, 2.05) is 13.8 Å². The number of hydrogen-bond donors (Lipinski definition) is 2. The van der Waals surface area contributed by atoms with Gasteiger partial charge in [0, 0.05) is 19.6 Å². The molecule has 2 saturated heterocycles. The van der Waals surface area contributed by atoms with Gasteiger partial charge < -0.3 is 4.74 Å². The van der Waals surface area contributed by atoms with Crippen LogP contribution >= 0.6 is 0 Å². The predicted octanol–water partition coefficient (Wildman–Crippen LogP) is -0.134. The topological polar surface area (TPSA) is 67.6 Å². The fraction of sp³-hybridized carbons (Fsp3) is 0.909. The summed E-state index contributed by atoms with van der Waals surface area (Å²) in [6.45, 7) is 6.47. The molecule has 2 aliphatic rings. The number of hydrazine groups is 1. The lowest BCUT2D eigenvalue weighted by Gasteiger charge is -2.36. The molecule has 2 rings (SSSR count). The number of nitrogens with two attached hydrogens (primary N) is 1. The summed E-state index contributed by atoms with van der Waals surface area (Å²) in [5.74, 6) is 5.08. The number of ether oxygens (including phenoxy) is 1. The molecule has 2 atom stereocenters. The monoisotopic (exact) mass is 227 g/mol. The zero-order valence-corrected chi connectivity index (χ0v) is 10.0. The van der Waals surface area contributed by atoms with E-state index in [2.05, 4.69) is 10.3 Å². The predicted molar refractivity (Wildman–Crippen MR) is 60.4 cm³/mol. The van der Waals surface area contributed by atoms with Crippen LogP contribution in [0.3, 0.4) is 0 Å².